The lowest BCUT2D eigenvalue weighted by Gasteiger charge is -2.05. The summed E-state index contributed by atoms with van der Waals surface area (Å²) in [6.45, 7) is 2.06. The Kier molecular flexibility index (Phi) is 3.15. The van der Waals surface area contributed by atoms with Gasteiger partial charge in [0.15, 0.2) is 0 Å². The molecule has 0 aliphatic carbocycles. The van der Waals surface area contributed by atoms with Gasteiger partial charge < -0.3 is 5.73 Å². The van der Waals surface area contributed by atoms with Crippen molar-refractivity contribution in [3.05, 3.63) is 53.5 Å². The molecule has 0 spiro atoms. The first-order chi connectivity index (χ1) is 7.79. The van der Waals surface area contributed by atoms with Crippen LogP contribution in [0.5, 0.6) is 0 Å². The van der Waals surface area contributed by atoms with Gasteiger partial charge in [0.05, 0.1) is 17.6 Å². The molecule has 2 N–H and O–H groups in total. The Labute approximate surface area is 95.4 Å². The van der Waals surface area contributed by atoms with Crippen LogP contribution in [-0.2, 0) is 12.8 Å². The molecule has 0 radical (unpaired) electrons. The van der Waals surface area contributed by atoms with E-state index in [2.05, 4.69) is 29.0 Å². The van der Waals surface area contributed by atoms with Gasteiger partial charge in [-0.25, -0.2) is 4.98 Å². The van der Waals surface area contributed by atoms with Crippen molar-refractivity contribution < 1.29 is 0 Å². The molecule has 0 saturated carbocycles. The first-order valence-electron chi connectivity index (χ1n) is 5.43. The van der Waals surface area contributed by atoms with Gasteiger partial charge in [0.25, 0.3) is 0 Å². The molecule has 3 heteroatoms. The standard InChI is InChI=1S/C13H15N3/c1-2-11-9-15-13(14)12(16-11)8-10-6-4-3-5-7-10/h3-7,9H,2,8H2,1H3,(H2,14,15). The molecule has 0 bridgehead atoms. The Hall–Kier alpha value is -1.90. The third kappa shape index (κ3) is 2.37. The normalized spacial score (nSPS) is 10.3. The highest BCUT2D eigenvalue weighted by Gasteiger charge is 2.04. The van der Waals surface area contributed by atoms with Crippen LogP contribution in [0.2, 0.25) is 0 Å². The first-order valence-corrected chi connectivity index (χ1v) is 5.43. The lowest BCUT2D eigenvalue weighted by atomic mass is 10.1. The van der Waals surface area contributed by atoms with Gasteiger partial charge in [-0.3, -0.25) is 4.98 Å². The van der Waals surface area contributed by atoms with E-state index < -0.39 is 0 Å². The number of rotatable bonds is 3. The highest BCUT2D eigenvalue weighted by molar-refractivity contribution is 5.38. The lowest BCUT2D eigenvalue weighted by molar-refractivity contribution is 0.943. The molecule has 0 aliphatic rings. The summed E-state index contributed by atoms with van der Waals surface area (Å²) in [5.74, 6) is 0.529. The van der Waals surface area contributed by atoms with Crippen LogP contribution >= 0.6 is 0 Å². The van der Waals surface area contributed by atoms with Crippen LogP contribution in [0.15, 0.2) is 36.5 Å². The van der Waals surface area contributed by atoms with Crippen molar-refractivity contribution >= 4 is 5.82 Å². The van der Waals surface area contributed by atoms with E-state index in [1.54, 1.807) is 6.20 Å². The Bertz CT molecular complexity index is 466. The maximum absolute atomic E-state index is 5.82. The van der Waals surface area contributed by atoms with Crippen LogP contribution in [0.25, 0.3) is 0 Å². The van der Waals surface area contributed by atoms with E-state index in [0.29, 0.717) is 5.82 Å². The highest BCUT2D eigenvalue weighted by Crippen LogP contribution is 2.12. The van der Waals surface area contributed by atoms with Gasteiger partial charge in [0.1, 0.15) is 5.82 Å². The molecule has 0 aliphatic heterocycles. The Morgan fingerprint density at radius 1 is 1.19 bits per heavy atom. The van der Waals surface area contributed by atoms with E-state index in [0.717, 1.165) is 24.2 Å². The molecule has 0 atom stereocenters. The average molecular weight is 213 g/mol. The van der Waals surface area contributed by atoms with Crippen molar-refractivity contribution in [2.45, 2.75) is 19.8 Å². The Balaban J connectivity index is 2.27. The van der Waals surface area contributed by atoms with Crippen LogP contribution in [-0.4, -0.2) is 9.97 Å². The second-order valence-electron chi connectivity index (χ2n) is 3.71. The molecule has 2 aromatic rings. The number of hydrogen-bond donors (Lipinski definition) is 1. The number of benzene rings is 1. The molecular formula is C13H15N3. The molecule has 2 rings (SSSR count). The van der Waals surface area contributed by atoms with E-state index in [9.17, 15) is 0 Å². The fourth-order valence-corrected chi connectivity index (χ4v) is 1.57. The van der Waals surface area contributed by atoms with Gasteiger partial charge in [-0.1, -0.05) is 37.3 Å². The number of nitrogens with zero attached hydrogens (tertiary/aromatic N) is 2. The minimum absolute atomic E-state index is 0.529. The predicted octanol–water partition coefficient (Wildman–Crippen LogP) is 2.21. The fourth-order valence-electron chi connectivity index (χ4n) is 1.57. The van der Waals surface area contributed by atoms with Gasteiger partial charge in [-0.15, -0.1) is 0 Å². The Morgan fingerprint density at radius 3 is 2.62 bits per heavy atom. The van der Waals surface area contributed by atoms with Crippen molar-refractivity contribution in [3.8, 4) is 0 Å². The molecule has 1 aromatic heterocycles. The van der Waals surface area contributed by atoms with Gasteiger partial charge in [0, 0.05) is 6.42 Å². The molecule has 0 fully saturated rings. The van der Waals surface area contributed by atoms with Gasteiger partial charge >= 0.3 is 0 Å². The zero-order valence-corrected chi connectivity index (χ0v) is 9.35. The summed E-state index contributed by atoms with van der Waals surface area (Å²) in [5, 5.41) is 0. The smallest absolute Gasteiger partial charge is 0.145 e. The van der Waals surface area contributed by atoms with E-state index >= 15 is 0 Å². The summed E-state index contributed by atoms with van der Waals surface area (Å²) in [5.41, 5.74) is 8.88. The van der Waals surface area contributed by atoms with Gasteiger partial charge in [0.2, 0.25) is 0 Å². The number of aryl methyl sites for hydroxylation is 1. The number of aromatic nitrogens is 2. The van der Waals surface area contributed by atoms with Crippen molar-refractivity contribution in [1.82, 2.24) is 9.97 Å². The number of hydrogen-bond acceptors (Lipinski definition) is 3. The predicted molar refractivity (Wildman–Crippen MR) is 65.1 cm³/mol. The van der Waals surface area contributed by atoms with Gasteiger partial charge in [-0.05, 0) is 12.0 Å². The van der Waals surface area contributed by atoms with Crippen LogP contribution in [0.4, 0.5) is 5.82 Å². The lowest BCUT2D eigenvalue weighted by Crippen LogP contribution is -2.04. The summed E-state index contributed by atoms with van der Waals surface area (Å²) in [6, 6.07) is 10.2. The van der Waals surface area contributed by atoms with Crippen LogP contribution < -0.4 is 5.73 Å². The molecule has 82 valence electrons. The molecule has 1 heterocycles. The zero-order chi connectivity index (χ0) is 11.4. The zero-order valence-electron chi connectivity index (χ0n) is 9.35. The summed E-state index contributed by atoms with van der Waals surface area (Å²) in [4.78, 5) is 8.66. The first kappa shape index (κ1) is 10.6. The van der Waals surface area contributed by atoms with E-state index in [1.165, 1.54) is 5.56 Å². The van der Waals surface area contributed by atoms with Crippen molar-refractivity contribution in [2.75, 3.05) is 5.73 Å². The molecule has 1 aromatic carbocycles. The minimum Gasteiger partial charge on any atom is -0.382 e. The third-order valence-corrected chi connectivity index (χ3v) is 2.50. The topological polar surface area (TPSA) is 51.8 Å². The second kappa shape index (κ2) is 4.75. The van der Waals surface area contributed by atoms with Crippen molar-refractivity contribution in [2.24, 2.45) is 0 Å². The largest absolute Gasteiger partial charge is 0.382 e. The van der Waals surface area contributed by atoms with Gasteiger partial charge in [-0.2, -0.15) is 0 Å². The molecule has 3 nitrogen and oxygen atoms in total. The molecule has 0 unspecified atom stereocenters. The summed E-state index contributed by atoms with van der Waals surface area (Å²) in [6.07, 6.45) is 3.37. The average Bonchev–Trinajstić information content (AvgIpc) is 2.33. The number of nitrogens with two attached hydrogens (primary N) is 1. The second-order valence-corrected chi connectivity index (χ2v) is 3.71. The van der Waals surface area contributed by atoms with Crippen molar-refractivity contribution in [3.63, 3.8) is 0 Å². The summed E-state index contributed by atoms with van der Waals surface area (Å²) in [7, 11) is 0. The van der Waals surface area contributed by atoms with E-state index in [4.69, 9.17) is 5.73 Å². The minimum atomic E-state index is 0.529. The number of nitrogen functional groups attached to an aromatic ring is 1. The molecule has 16 heavy (non-hydrogen) atoms. The van der Waals surface area contributed by atoms with Crippen LogP contribution in [0.1, 0.15) is 23.9 Å². The quantitative estimate of drug-likeness (QED) is 0.850. The SMILES string of the molecule is CCc1cnc(N)c(Cc2ccccc2)n1. The number of anilines is 1. The summed E-state index contributed by atoms with van der Waals surface area (Å²) >= 11 is 0. The Morgan fingerprint density at radius 2 is 1.94 bits per heavy atom. The highest BCUT2D eigenvalue weighted by atomic mass is 14.9. The maximum atomic E-state index is 5.82. The maximum Gasteiger partial charge on any atom is 0.145 e. The fraction of sp³-hybridized carbons (Fsp3) is 0.231. The summed E-state index contributed by atoms with van der Waals surface area (Å²) < 4.78 is 0. The molecule has 0 amide bonds. The molecular weight excluding hydrogens is 198 g/mol. The monoisotopic (exact) mass is 213 g/mol. The molecule has 0 saturated heterocycles. The van der Waals surface area contributed by atoms with E-state index in [-0.39, 0.29) is 0 Å². The van der Waals surface area contributed by atoms with E-state index in [1.807, 2.05) is 18.2 Å². The van der Waals surface area contributed by atoms with Crippen molar-refractivity contribution in [1.29, 1.82) is 0 Å². The van der Waals surface area contributed by atoms with Crippen LogP contribution in [0.3, 0.4) is 0 Å². The third-order valence-electron chi connectivity index (χ3n) is 2.50. The van der Waals surface area contributed by atoms with Crippen LogP contribution in [0, 0.1) is 0 Å².